The number of hydrogen-bond donors (Lipinski definition) is 2. The number of ether oxygens (including phenoxy) is 2. The van der Waals surface area contributed by atoms with Crippen LogP contribution in [-0.2, 0) is 14.8 Å². The molecule has 1 fully saturated rings. The number of nitrogens with zero attached hydrogens (tertiary/aromatic N) is 3. The van der Waals surface area contributed by atoms with E-state index in [1.807, 2.05) is 35.7 Å². The van der Waals surface area contributed by atoms with E-state index in [0.29, 0.717) is 30.6 Å². The van der Waals surface area contributed by atoms with Gasteiger partial charge in [0.1, 0.15) is 5.75 Å². The molecule has 0 amide bonds. The van der Waals surface area contributed by atoms with Gasteiger partial charge in [-0.25, -0.2) is 18.4 Å². The molecule has 1 saturated heterocycles. The van der Waals surface area contributed by atoms with Crippen LogP contribution in [0.2, 0.25) is 0 Å². The van der Waals surface area contributed by atoms with Crippen molar-refractivity contribution in [1.29, 1.82) is 0 Å². The van der Waals surface area contributed by atoms with Crippen LogP contribution in [0.1, 0.15) is 0 Å². The molecule has 4 aromatic rings. The van der Waals surface area contributed by atoms with E-state index in [2.05, 4.69) is 19.9 Å². The van der Waals surface area contributed by atoms with Gasteiger partial charge < -0.3 is 19.7 Å². The van der Waals surface area contributed by atoms with Crippen molar-refractivity contribution in [2.24, 2.45) is 0 Å². The van der Waals surface area contributed by atoms with Crippen molar-refractivity contribution in [2.45, 2.75) is 0 Å². The summed E-state index contributed by atoms with van der Waals surface area (Å²) in [6.07, 6.45) is 2.92. The molecular formula is C24H25N5O4S2. The largest absolute Gasteiger partial charge is 0.494 e. The van der Waals surface area contributed by atoms with Crippen molar-refractivity contribution < 1.29 is 17.9 Å². The quantitative estimate of drug-likeness (QED) is 0.378. The number of fused-ring (bicyclic) bond motifs is 1. The van der Waals surface area contributed by atoms with E-state index in [1.54, 1.807) is 25.4 Å². The number of aromatic nitrogens is 2. The maximum atomic E-state index is 11.6. The van der Waals surface area contributed by atoms with Gasteiger partial charge in [-0.1, -0.05) is 12.1 Å². The molecule has 2 aromatic carbocycles. The van der Waals surface area contributed by atoms with Gasteiger partial charge in [-0.15, -0.1) is 11.3 Å². The van der Waals surface area contributed by atoms with E-state index in [-0.39, 0.29) is 0 Å². The molecule has 0 unspecified atom stereocenters. The molecule has 182 valence electrons. The molecule has 1 aliphatic heterocycles. The number of sulfonamides is 1. The summed E-state index contributed by atoms with van der Waals surface area (Å²) in [5.74, 6) is 1.14. The van der Waals surface area contributed by atoms with Crippen molar-refractivity contribution in [3.63, 3.8) is 0 Å². The van der Waals surface area contributed by atoms with E-state index in [9.17, 15) is 8.42 Å². The van der Waals surface area contributed by atoms with Gasteiger partial charge >= 0.3 is 0 Å². The second-order valence-electron chi connectivity index (χ2n) is 8.12. The van der Waals surface area contributed by atoms with Crippen LogP contribution in [0.25, 0.3) is 21.3 Å². The topological polar surface area (TPSA) is 106 Å². The predicted octanol–water partition coefficient (Wildman–Crippen LogP) is 4.32. The summed E-state index contributed by atoms with van der Waals surface area (Å²) in [7, 11) is -1.73. The monoisotopic (exact) mass is 511 g/mol. The van der Waals surface area contributed by atoms with Crippen LogP contribution < -0.4 is 19.7 Å². The number of anilines is 4. The Kier molecular flexibility index (Phi) is 6.46. The lowest BCUT2D eigenvalue weighted by Crippen LogP contribution is -2.36. The molecule has 0 radical (unpaired) electrons. The molecular weight excluding hydrogens is 486 g/mol. The minimum atomic E-state index is -3.37. The van der Waals surface area contributed by atoms with Crippen LogP contribution in [-0.4, -0.2) is 58.1 Å². The highest BCUT2D eigenvalue weighted by atomic mass is 32.2. The Morgan fingerprint density at radius 1 is 1.14 bits per heavy atom. The number of rotatable bonds is 7. The molecule has 3 heterocycles. The predicted molar refractivity (Wildman–Crippen MR) is 141 cm³/mol. The van der Waals surface area contributed by atoms with Gasteiger partial charge in [0.25, 0.3) is 0 Å². The Balaban J connectivity index is 1.44. The van der Waals surface area contributed by atoms with E-state index >= 15 is 0 Å². The van der Waals surface area contributed by atoms with Crippen LogP contribution in [0.15, 0.2) is 54.0 Å². The average Bonchev–Trinajstić information content (AvgIpc) is 3.27. The van der Waals surface area contributed by atoms with Crippen molar-refractivity contribution in [2.75, 3.05) is 54.6 Å². The third-order valence-electron chi connectivity index (χ3n) is 5.60. The van der Waals surface area contributed by atoms with Crippen LogP contribution in [0.4, 0.5) is 23.0 Å². The van der Waals surface area contributed by atoms with E-state index < -0.39 is 10.0 Å². The summed E-state index contributed by atoms with van der Waals surface area (Å²) in [6, 6.07) is 13.3. The van der Waals surface area contributed by atoms with Crippen molar-refractivity contribution in [3.05, 3.63) is 54.0 Å². The molecule has 0 bridgehead atoms. The van der Waals surface area contributed by atoms with Gasteiger partial charge in [-0.2, -0.15) is 0 Å². The smallest absolute Gasteiger partial charge is 0.229 e. The number of benzene rings is 2. The zero-order valence-electron chi connectivity index (χ0n) is 19.3. The second-order valence-corrected chi connectivity index (χ2v) is 10.8. The Morgan fingerprint density at radius 2 is 1.97 bits per heavy atom. The first-order valence-electron chi connectivity index (χ1n) is 11.0. The SMILES string of the molecule is COc1cc(N2CCOCC2)ccc1Nc1ncc2scc(-c3cccc(NS(C)(=O)=O)c3)c2n1. The number of nitrogens with one attached hydrogen (secondary N) is 2. The molecule has 2 N–H and O–H groups in total. The minimum absolute atomic E-state index is 0.444. The highest BCUT2D eigenvalue weighted by Gasteiger charge is 2.15. The standard InChI is InChI=1S/C24H25N5O4S2/c1-32-21-13-18(29-8-10-33-11-9-29)6-7-20(21)26-24-25-14-22-23(27-24)19(15-34-22)16-4-3-5-17(12-16)28-35(2,30)31/h3-7,12-15,28H,8-11H2,1-2H3,(H,25,26,27). The van der Waals surface area contributed by atoms with Crippen molar-refractivity contribution in [3.8, 4) is 16.9 Å². The van der Waals surface area contributed by atoms with Gasteiger partial charge in [0.15, 0.2) is 0 Å². The van der Waals surface area contributed by atoms with Crippen LogP contribution >= 0.6 is 11.3 Å². The summed E-state index contributed by atoms with van der Waals surface area (Å²) in [5.41, 5.74) is 4.90. The first-order valence-corrected chi connectivity index (χ1v) is 13.8. The van der Waals surface area contributed by atoms with Gasteiger partial charge in [0, 0.05) is 41.5 Å². The Morgan fingerprint density at radius 3 is 2.74 bits per heavy atom. The zero-order valence-corrected chi connectivity index (χ0v) is 20.9. The summed E-state index contributed by atoms with van der Waals surface area (Å²) >= 11 is 1.54. The van der Waals surface area contributed by atoms with Gasteiger partial charge in [-0.3, -0.25) is 4.72 Å². The maximum absolute atomic E-state index is 11.6. The molecule has 35 heavy (non-hydrogen) atoms. The third kappa shape index (κ3) is 5.31. The van der Waals surface area contributed by atoms with Crippen LogP contribution in [0, 0.1) is 0 Å². The first kappa shape index (κ1) is 23.3. The van der Waals surface area contributed by atoms with Gasteiger partial charge in [0.2, 0.25) is 16.0 Å². The van der Waals surface area contributed by atoms with E-state index in [1.165, 1.54) is 11.3 Å². The summed E-state index contributed by atoms with van der Waals surface area (Å²) in [5, 5.41) is 5.28. The minimum Gasteiger partial charge on any atom is -0.494 e. The average molecular weight is 512 g/mol. The lowest BCUT2D eigenvalue weighted by Gasteiger charge is -2.29. The van der Waals surface area contributed by atoms with Gasteiger partial charge in [0.05, 0.1) is 48.7 Å². The Hall–Kier alpha value is -3.41. The first-order chi connectivity index (χ1) is 16.9. The zero-order chi connectivity index (χ0) is 24.4. The highest BCUT2D eigenvalue weighted by molar-refractivity contribution is 7.92. The normalized spacial score (nSPS) is 14.2. The van der Waals surface area contributed by atoms with Crippen molar-refractivity contribution >= 4 is 54.6 Å². The van der Waals surface area contributed by atoms with Crippen LogP contribution in [0.3, 0.4) is 0 Å². The number of hydrogen-bond acceptors (Lipinski definition) is 9. The lowest BCUT2D eigenvalue weighted by atomic mass is 10.1. The highest BCUT2D eigenvalue weighted by Crippen LogP contribution is 2.36. The summed E-state index contributed by atoms with van der Waals surface area (Å²) in [4.78, 5) is 11.5. The lowest BCUT2D eigenvalue weighted by molar-refractivity contribution is 0.122. The number of thiophene rings is 1. The van der Waals surface area contributed by atoms with E-state index in [0.717, 1.165) is 52.1 Å². The Bertz CT molecular complexity index is 1470. The molecule has 5 rings (SSSR count). The van der Waals surface area contributed by atoms with Crippen LogP contribution in [0.5, 0.6) is 5.75 Å². The van der Waals surface area contributed by atoms with Gasteiger partial charge in [-0.05, 0) is 29.8 Å². The molecule has 2 aromatic heterocycles. The molecule has 0 aliphatic carbocycles. The second kappa shape index (κ2) is 9.68. The number of morpholine rings is 1. The number of methoxy groups -OCH3 is 1. The summed E-state index contributed by atoms with van der Waals surface area (Å²) < 4.78 is 37.8. The molecule has 1 aliphatic rings. The fraction of sp³-hybridized carbons (Fsp3) is 0.250. The molecule has 0 spiro atoms. The fourth-order valence-electron chi connectivity index (χ4n) is 3.98. The fourth-order valence-corrected chi connectivity index (χ4v) is 5.41. The van der Waals surface area contributed by atoms with E-state index in [4.69, 9.17) is 14.5 Å². The third-order valence-corrected chi connectivity index (χ3v) is 7.11. The molecule has 9 nitrogen and oxygen atoms in total. The molecule has 11 heteroatoms. The Labute approximate surface area is 207 Å². The molecule has 0 atom stereocenters. The summed E-state index contributed by atoms with van der Waals surface area (Å²) in [6.45, 7) is 3.12. The maximum Gasteiger partial charge on any atom is 0.229 e. The molecule has 0 saturated carbocycles. The van der Waals surface area contributed by atoms with Crippen molar-refractivity contribution in [1.82, 2.24) is 9.97 Å².